The van der Waals surface area contributed by atoms with Crippen LogP contribution in [0.4, 0.5) is 4.39 Å². The minimum Gasteiger partial charge on any atom is -0.451 e. The summed E-state index contributed by atoms with van der Waals surface area (Å²) in [5.41, 5.74) is 1.49. The number of esters is 1. The fourth-order valence-corrected chi connectivity index (χ4v) is 4.95. The first-order valence-electron chi connectivity index (χ1n) is 9.35. The van der Waals surface area contributed by atoms with E-state index in [1.807, 2.05) is 0 Å². The second-order valence-corrected chi connectivity index (χ2v) is 8.58. The van der Waals surface area contributed by atoms with Gasteiger partial charge in [-0.15, -0.1) is 11.3 Å². The number of ether oxygens (including phenoxy) is 1. The Hall–Kier alpha value is -2.54. The fourth-order valence-electron chi connectivity index (χ4n) is 3.56. The summed E-state index contributed by atoms with van der Waals surface area (Å²) in [6.07, 6.45) is 2.17. The van der Waals surface area contributed by atoms with E-state index in [1.165, 1.54) is 17.0 Å². The molecule has 1 aliphatic carbocycles. The Labute approximate surface area is 165 Å². The van der Waals surface area contributed by atoms with Crippen molar-refractivity contribution in [3.63, 3.8) is 0 Å². The zero-order valence-corrected chi connectivity index (χ0v) is 16.8. The number of hydrogen-bond donors (Lipinski definition) is 1. The zero-order chi connectivity index (χ0) is 20.0. The molecule has 0 amide bonds. The summed E-state index contributed by atoms with van der Waals surface area (Å²) in [6.45, 7) is 5.48. The lowest BCUT2D eigenvalue weighted by atomic mass is 9.89. The van der Waals surface area contributed by atoms with E-state index in [9.17, 15) is 14.0 Å². The average Bonchev–Trinajstić information content (AvgIpc) is 3.01. The van der Waals surface area contributed by atoms with Crippen molar-refractivity contribution >= 4 is 27.5 Å². The van der Waals surface area contributed by atoms with Gasteiger partial charge in [0.2, 0.25) is 0 Å². The van der Waals surface area contributed by atoms with Gasteiger partial charge in [0.15, 0.2) is 11.9 Å². The number of aryl methyl sites for hydroxylation is 2. The number of hydrogen-bond acceptors (Lipinski definition) is 5. The molecule has 0 radical (unpaired) electrons. The number of rotatable bonds is 3. The quantitative estimate of drug-likeness (QED) is 0.658. The predicted molar refractivity (Wildman–Crippen MR) is 106 cm³/mol. The lowest BCUT2D eigenvalue weighted by Crippen LogP contribution is -2.18. The van der Waals surface area contributed by atoms with Crippen LogP contribution < -0.4 is 5.56 Å². The van der Waals surface area contributed by atoms with Gasteiger partial charge in [0.25, 0.3) is 5.56 Å². The van der Waals surface area contributed by atoms with Crippen LogP contribution in [0.2, 0.25) is 0 Å². The van der Waals surface area contributed by atoms with E-state index in [0.29, 0.717) is 27.5 Å². The second kappa shape index (κ2) is 7.13. The van der Waals surface area contributed by atoms with Gasteiger partial charge in [-0.25, -0.2) is 14.2 Å². The number of carbonyl (C=O) groups is 1. The van der Waals surface area contributed by atoms with Crippen LogP contribution in [0.3, 0.4) is 0 Å². The van der Waals surface area contributed by atoms with E-state index in [4.69, 9.17) is 4.74 Å². The highest BCUT2D eigenvalue weighted by Crippen LogP contribution is 2.36. The number of nitrogens with one attached hydrogen (secondary N) is 1. The Bertz CT molecular complexity index is 1130. The van der Waals surface area contributed by atoms with Crippen molar-refractivity contribution in [3.8, 4) is 0 Å². The van der Waals surface area contributed by atoms with Crippen molar-refractivity contribution in [2.24, 2.45) is 5.92 Å². The maximum atomic E-state index is 13.7. The molecule has 4 rings (SSSR count). The molecule has 1 N–H and O–H groups in total. The highest BCUT2D eigenvalue weighted by molar-refractivity contribution is 7.18. The van der Waals surface area contributed by atoms with Crippen molar-refractivity contribution < 1.29 is 13.9 Å². The summed E-state index contributed by atoms with van der Waals surface area (Å²) in [5, 5.41) is 0.662. The van der Waals surface area contributed by atoms with Gasteiger partial charge in [0, 0.05) is 4.88 Å². The van der Waals surface area contributed by atoms with Crippen molar-refractivity contribution in [1.82, 2.24) is 9.97 Å². The molecule has 1 aromatic carbocycles. The number of halogens is 1. The minimum atomic E-state index is -0.757. The van der Waals surface area contributed by atoms with Crippen molar-refractivity contribution in [3.05, 3.63) is 61.8 Å². The van der Waals surface area contributed by atoms with Gasteiger partial charge in [-0.05, 0) is 62.3 Å². The van der Waals surface area contributed by atoms with Crippen LogP contribution in [0.1, 0.15) is 58.6 Å². The Morgan fingerprint density at radius 1 is 1.43 bits per heavy atom. The molecule has 0 unspecified atom stereocenters. The van der Waals surface area contributed by atoms with E-state index in [2.05, 4.69) is 16.9 Å². The third-order valence-corrected chi connectivity index (χ3v) is 6.41. The molecule has 7 heteroatoms. The lowest BCUT2D eigenvalue weighted by molar-refractivity contribution is 0.0319. The first-order valence-corrected chi connectivity index (χ1v) is 10.2. The number of aromatic nitrogens is 2. The number of aromatic amines is 1. The maximum absolute atomic E-state index is 13.7. The third-order valence-electron chi connectivity index (χ3n) is 5.26. The van der Waals surface area contributed by atoms with E-state index in [0.717, 1.165) is 30.9 Å². The van der Waals surface area contributed by atoms with E-state index in [-0.39, 0.29) is 11.1 Å². The molecule has 146 valence electrons. The van der Waals surface area contributed by atoms with E-state index >= 15 is 0 Å². The van der Waals surface area contributed by atoms with Crippen LogP contribution in [0.15, 0.2) is 23.0 Å². The largest absolute Gasteiger partial charge is 0.451 e. The fraction of sp³-hybridized carbons (Fsp3) is 0.381. The van der Waals surface area contributed by atoms with Gasteiger partial charge in [-0.1, -0.05) is 13.0 Å². The van der Waals surface area contributed by atoms with Crippen molar-refractivity contribution in [2.75, 3.05) is 0 Å². The summed E-state index contributed by atoms with van der Waals surface area (Å²) in [5.74, 6) is -0.221. The minimum absolute atomic E-state index is 0.124. The Kier molecular flexibility index (Phi) is 4.79. The molecular weight excluding hydrogens is 379 g/mol. The van der Waals surface area contributed by atoms with E-state index < -0.39 is 17.9 Å². The SMILES string of the molecule is Cc1ccc(C(=O)O[C@@H](C)c2nc3sc4c(c3c(=O)[nH]2)CC[C@@H](C)C4)cc1F. The summed E-state index contributed by atoms with van der Waals surface area (Å²) >= 11 is 1.55. The normalized spacial score (nSPS) is 17.4. The summed E-state index contributed by atoms with van der Waals surface area (Å²) in [6, 6.07) is 4.19. The van der Waals surface area contributed by atoms with Gasteiger partial charge in [-0.2, -0.15) is 0 Å². The molecule has 0 aliphatic heterocycles. The first kappa shape index (κ1) is 18.8. The smallest absolute Gasteiger partial charge is 0.338 e. The monoisotopic (exact) mass is 400 g/mol. The Morgan fingerprint density at radius 2 is 2.21 bits per heavy atom. The summed E-state index contributed by atoms with van der Waals surface area (Å²) < 4.78 is 19.1. The topological polar surface area (TPSA) is 72.0 Å². The highest BCUT2D eigenvalue weighted by atomic mass is 32.1. The number of nitrogens with zero attached hydrogens (tertiary/aromatic N) is 1. The molecule has 3 aromatic rings. The van der Waals surface area contributed by atoms with Crippen LogP contribution in [0.5, 0.6) is 0 Å². The second-order valence-electron chi connectivity index (χ2n) is 7.49. The van der Waals surface area contributed by atoms with Crippen LogP contribution in [0.25, 0.3) is 10.2 Å². The molecule has 0 bridgehead atoms. The summed E-state index contributed by atoms with van der Waals surface area (Å²) in [4.78, 5) is 34.2. The van der Waals surface area contributed by atoms with Crippen LogP contribution in [-0.4, -0.2) is 15.9 Å². The molecule has 28 heavy (non-hydrogen) atoms. The van der Waals surface area contributed by atoms with E-state index in [1.54, 1.807) is 25.2 Å². The number of fused-ring (bicyclic) bond motifs is 3. The molecule has 2 heterocycles. The molecular formula is C21H21FN2O3S. The Balaban J connectivity index is 1.62. The molecule has 1 aliphatic rings. The molecule has 2 atom stereocenters. The van der Waals surface area contributed by atoms with Gasteiger partial charge in [0.1, 0.15) is 10.6 Å². The standard InChI is InChI=1S/C21H21FN2O3S/c1-10-4-7-14-16(8-10)28-20-17(14)19(25)23-18(24-20)12(3)27-21(26)13-6-5-11(2)15(22)9-13/h5-6,9-10,12H,4,7-8H2,1-3H3,(H,23,24,25)/t10-,12+/m1/s1. The molecule has 0 fully saturated rings. The molecule has 0 spiro atoms. The number of benzene rings is 1. The van der Waals surface area contributed by atoms with Crippen LogP contribution >= 0.6 is 11.3 Å². The van der Waals surface area contributed by atoms with Crippen molar-refractivity contribution in [2.45, 2.75) is 46.1 Å². The molecule has 2 aromatic heterocycles. The van der Waals surface area contributed by atoms with Crippen LogP contribution in [0, 0.1) is 18.7 Å². The Morgan fingerprint density at radius 3 is 2.96 bits per heavy atom. The number of thiophene rings is 1. The number of H-pyrrole nitrogens is 1. The van der Waals surface area contributed by atoms with Gasteiger partial charge in [0.05, 0.1) is 10.9 Å². The number of carbonyl (C=O) groups excluding carboxylic acids is 1. The van der Waals surface area contributed by atoms with Crippen molar-refractivity contribution in [1.29, 1.82) is 0 Å². The molecule has 0 saturated carbocycles. The van der Waals surface area contributed by atoms with Crippen LogP contribution in [-0.2, 0) is 17.6 Å². The average molecular weight is 400 g/mol. The third kappa shape index (κ3) is 3.35. The lowest BCUT2D eigenvalue weighted by Gasteiger charge is -2.17. The van der Waals surface area contributed by atoms with Gasteiger partial charge in [-0.3, -0.25) is 4.79 Å². The summed E-state index contributed by atoms with van der Waals surface area (Å²) in [7, 11) is 0. The maximum Gasteiger partial charge on any atom is 0.338 e. The molecule has 5 nitrogen and oxygen atoms in total. The van der Waals surface area contributed by atoms with Gasteiger partial charge >= 0.3 is 5.97 Å². The highest BCUT2D eigenvalue weighted by Gasteiger charge is 2.24. The molecule has 0 saturated heterocycles. The zero-order valence-electron chi connectivity index (χ0n) is 16.0. The first-order chi connectivity index (χ1) is 13.3. The van der Waals surface area contributed by atoms with Gasteiger partial charge < -0.3 is 9.72 Å². The predicted octanol–water partition coefficient (Wildman–Crippen LogP) is 4.47.